The molecule has 1 saturated carbocycles. The molecule has 0 radical (unpaired) electrons. The van der Waals surface area contributed by atoms with Crippen LogP contribution in [0.5, 0.6) is 0 Å². The molecule has 1 aliphatic carbocycles. The number of hydrogen-bond donors (Lipinski definition) is 0. The van der Waals surface area contributed by atoms with Crippen LogP contribution in [-0.2, 0) is 14.3 Å². The van der Waals surface area contributed by atoms with E-state index in [1.807, 2.05) is 66.4 Å². The van der Waals surface area contributed by atoms with E-state index in [1.165, 1.54) is 11.3 Å². The number of rotatable bonds is 5. The van der Waals surface area contributed by atoms with Crippen molar-refractivity contribution >= 4 is 44.9 Å². The molecule has 0 spiro atoms. The lowest BCUT2D eigenvalue weighted by Gasteiger charge is -2.46. The standard InChI is InChI=1S/C28H28N2O4S/c1-3-34-26(32)20-16-30(25(31)23-14-18-8-4-7-11-22(18)35-23)28(2)24(20)19-9-5-6-10-21(19)29(27(28)33)15-17-12-13-17/h4-11,14,17,20,24H,3,12-13,15-16H2,1-2H3/t20-,24+,28-/m0/s1. The number of thiophene rings is 1. The van der Waals surface area contributed by atoms with Crippen molar-refractivity contribution in [2.75, 3.05) is 24.6 Å². The Labute approximate surface area is 208 Å². The Morgan fingerprint density at radius 3 is 2.60 bits per heavy atom. The molecule has 6 rings (SSSR count). The van der Waals surface area contributed by atoms with Crippen LogP contribution in [0.4, 0.5) is 5.69 Å². The monoisotopic (exact) mass is 488 g/mol. The van der Waals surface area contributed by atoms with Crippen LogP contribution in [0.1, 0.15) is 47.8 Å². The number of ether oxygens (including phenoxy) is 1. The molecule has 2 aliphatic heterocycles. The van der Waals surface area contributed by atoms with E-state index in [0.717, 1.165) is 34.2 Å². The predicted molar refractivity (Wildman–Crippen MR) is 136 cm³/mol. The molecule has 3 heterocycles. The summed E-state index contributed by atoms with van der Waals surface area (Å²) in [7, 11) is 0. The van der Waals surface area contributed by atoms with Gasteiger partial charge in [0.05, 0.1) is 17.4 Å². The fraction of sp³-hybridized carbons (Fsp3) is 0.393. The molecule has 3 atom stereocenters. The van der Waals surface area contributed by atoms with Crippen molar-refractivity contribution in [1.29, 1.82) is 0 Å². The second kappa shape index (κ2) is 8.19. The molecule has 2 fully saturated rings. The minimum atomic E-state index is -1.17. The zero-order chi connectivity index (χ0) is 24.3. The first-order valence-electron chi connectivity index (χ1n) is 12.3. The first kappa shape index (κ1) is 22.3. The predicted octanol–water partition coefficient (Wildman–Crippen LogP) is 4.84. The van der Waals surface area contributed by atoms with Gasteiger partial charge in [-0.25, -0.2) is 0 Å². The number of fused-ring (bicyclic) bond motifs is 4. The number of carbonyl (C=O) groups is 3. The van der Waals surface area contributed by atoms with Gasteiger partial charge in [0, 0.05) is 29.4 Å². The zero-order valence-corrected chi connectivity index (χ0v) is 20.7. The molecule has 35 heavy (non-hydrogen) atoms. The highest BCUT2D eigenvalue weighted by Gasteiger charge is 2.64. The Morgan fingerprint density at radius 1 is 1.11 bits per heavy atom. The van der Waals surface area contributed by atoms with Gasteiger partial charge in [0.2, 0.25) is 0 Å². The number of benzene rings is 2. The van der Waals surface area contributed by atoms with Crippen molar-refractivity contribution in [3.63, 3.8) is 0 Å². The molecular formula is C28H28N2O4S. The highest BCUT2D eigenvalue weighted by atomic mass is 32.1. The molecule has 6 nitrogen and oxygen atoms in total. The van der Waals surface area contributed by atoms with Gasteiger partial charge >= 0.3 is 5.97 Å². The van der Waals surface area contributed by atoms with Crippen LogP contribution in [-0.4, -0.2) is 47.9 Å². The highest BCUT2D eigenvalue weighted by molar-refractivity contribution is 7.20. The Bertz CT molecular complexity index is 1310. The van der Waals surface area contributed by atoms with Crippen LogP contribution in [0.3, 0.4) is 0 Å². The third-order valence-electron chi connectivity index (χ3n) is 7.80. The Kier molecular flexibility index (Phi) is 5.22. The summed E-state index contributed by atoms with van der Waals surface area (Å²) in [5.74, 6) is -1.24. The van der Waals surface area contributed by atoms with Crippen molar-refractivity contribution in [1.82, 2.24) is 4.90 Å². The minimum Gasteiger partial charge on any atom is -0.466 e. The van der Waals surface area contributed by atoms with Gasteiger partial charge in [-0.2, -0.15) is 0 Å². The van der Waals surface area contributed by atoms with E-state index in [4.69, 9.17) is 4.74 Å². The van der Waals surface area contributed by atoms with Crippen molar-refractivity contribution in [3.8, 4) is 0 Å². The van der Waals surface area contributed by atoms with Crippen molar-refractivity contribution in [2.24, 2.45) is 11.8 Å². The molecule has 1 saturated heterocycles. The van der Waals surface area contributed by atoms with E-state index < -0.39 is 17.4 Å². The summed E-state index contributed by atoms with van der Waals surface area (Å²) in [5, 5.41) is 0.999. The second-order valence-corrected chi connectivity index (χ2v) is 11.0. The van der Waals surface area contributed by atoms with Gasteiger partial charge in [-0.3, -0.25) is 14.4 Å². The maximum absolute atomic E-state index is 14.3. The quantitative estimate of drug-likeness (QED) is 0.482. The highest BCUT2D eigenvalue weighted by Crippen LogP contribution is 2.54. The SMILES string of the molecule is CCOC(=O)[C@H]1CN(C(=O)c2cc3ccccc3s2)[C@]2(C)C(=O)N(CC3CC3)c3ccccc3[C@H]12. The van der Waals surface area contributed by atoms with E-state index in [2.05, 4.69) is 0 Å². The molecule has 0 N–H and O–H groups in total. The largest absolute Gasteiger partial charge is 0.466 e. The summed E-state index contributed by atoms with van der Waals surface area (Å²) in [4.78, 5) is 45.6. The molecule has 3 aromatic rings. The minimum absolute atomic E-state index is 0.102. The van der Waals surface area contributed by atoms with E-state index in [1.54, 1.807) is 11.8 Å². The van der Waals surface area contributed by atoms with Gasteiger partial charge in [-0.05, 0) is 61.8 Å². The van der Waals surface area contributed by atoms with Crippen LogP contribution in [0.2, 0.25) is 0 Å². The molecule has 2 aromatic carbocycles. The lowest BCUT2D eigenvalue weighted by molar-refractivity contribution is -0.148. The van der Waals surface area contributed by atoms with Crippen LogP contribution >= 0.6 is 11.3 Å². The van der Waals surface area contributed by atoms with Gasteiger partial charge in [-0.1, -0.05) is 36.4 Å². The van der Waals surface area contributed by atoms with E-state index >= 15 is 0 Å². The van der Waals surface area contributed by atoms with Crippen molar-refractivity contribution in [2.45, 2.75) is 38.1 Å². The number of para-hydroxylation sites is 1. The summed E-state index contributed by atoms with van der Waals surface area (Å²) in [5.41, 5.74) is 0.630. The molecule has 2 amide bonds. The summed E-state index contributed by atoms with van der Waals surface area (Å²) in [6.07, 6.45) is 2.23. The average molecular weight is 489 g/mol. The van der Waals surface area contributed by atoms with Crippen LogP contribution in [0.15, 0.2) is 54.6 Å². The first-order valence-corrected chi connectivity index (χ1v) is 13.1. The fourth-order valence-electron chi connectivity index (χ4n) is 5.91. The maximum Gasteiger partial charge on any atom is 0.311 e. The second-order valence-electron chi connectivity index (χ2n) is 9.97. The summed E-state index contributed by atoms with van der Waals surface area (Å²) < 4.78 is 6.48. The van der Waals surface area contributed by atoms with Gasteiger partial charge in [0.25, 0.3) is 11.8 Å². The van der Waals surface area contributed by atoms with E-state index in [0.29, 0.717) is 17.3 Å². The molecule has 1 aromatic heterocycles. The van der Waals surface area contributed by atoms with E-state index in [-0.39, 0.29) is 30.9 Å². The van der Waals surface area contributed by atoms with Crippen LogP contribution in [0.25, 0.3) is 10.1 Å². The van der Waals surface area contributed by atoms with E-state index in [9.17, 15) is 14.4 Å². The van der Waals surface area contributed by atoms with Crippen molar-refractivity contribution < 1.29 is 19.1 Å². The first-order chi connectivity index (χ1) is 16.9. The van der Waals surface area contributed by atoms with Gasteiger partial charge < -0.3 is 14.5 Å². The third kappa shape index (κ3) is 3.39. The third-order valence-corrected chi connectivity index (χ3v) is 8.90. The number of nitrogens with zero attached hydrogens (tertiary/aromatic N) is 2. The molecule has 0 bridgehead atoms. The Balaban J connectivity index is 1.48. The van der Waals surface area contributed by atoms with Crippen LogP contribution < -0.4 is 4.90 Å². The Hall–Kier alpha value is -3.19. The number of hydrogen-bond acceptors (Lipinski definition) is 5. The van der Waals surface area contributed by atoms with Gasteiger partial charge in [0.15, 0.2) is 0 Å². The summed E-state index contributed by atoms with van der Waals surface area (Å²) in [6.45, 7) is 4.69. The number of likely N-dealkylation sites (tertiary alicyclic amines) is 1. The summed E-state index contributed by atoms with van der Waals surface area (Å²) >= 11 is 1.43. The molecule has 3 aliphatic rings. The summed E-state index contributed by atoms with van der Waals surface area (Å²) in [6, 6.07) is 17.6. The smallest absolute Gasteiger partial charge is 0.311 e. The topological polar surface area (TPSA) is 66.9 Å². The molecule has 180 valence electrons. The lowest BCUT2D eigenvalue weighted by Crippen LogP contribution is -2.62. The normalized spacial score (nSPS) is 25.5. The Morgan fingerprint density at radius 2 is 1.86 bits per heavy atom. The van der Waals surface area contributed by atoms with Gasteiger partial charge in [0.1, 0.15) is 5.54 Å². The molecule has 0 unspecified atom stereocenters. The maximum atomic E-state index is 14.3. The molecular weight excluding hydrogens is 460 g/mol. The fourth-order valence-corrected chi connectivity index (χ4v) is 6.92. The van der Waals surface area contributed by atoms with Crippen LogP contribution in [0, 0.1) is 11.8 Å². The zero-order valence-electron chi connectivity index (χ0n) is 19.9. The van der Waals surface area contributed by atoms with Gasteiger partial charge in [-0.15, -0.1) is 11.3 Å². The average Bonchev–Trinajstić information content (AvgIpc) is 3.48. The van der Waals surface area contributed by atoms with Crippen molar-refractivity contribution in [3.05, 3.63) is 65.0 Å². The number of anilines is 1. The number of amides is 2. The number of carbonyl (C=O) groups excluding carboxylic acids is 3. The molecule has 7 heteroatoms. The number of esters is 1. The lowest BCUT2D eigenvalue weighted by atomic mass is 9.72.